The largest absolute Gasteiger partial charge is 0.481 e. The highest BCUT2D eigenvalue weighted by Crippen LogP contribution is 2.47. The van der Waals surface area contributed by atoms with Crippen LogP contribution in [0.5, 0.6) is 11.8 Å². The van der Waals surface area contributed by atoms with E-state index in [1.165, 1.54) is 33.5 Å². The maximum absolute atomic E-state index is 13.2. The van der Waals surface area contributed by atoms with Crippen LogP contribution in [0.3, 0.4) is 0 Å². The lowest BCUT2D eigenvalue weighted by Gasteiger charge is -2.38. The van der Waals surface area contributed by atoms with Gasteiger partial charge >= 0.3 is 0 Å². The fourth-order valence-corrected chi connectivity index (χ4v) is 4.58. The molecule has 148 valence electrons. The van der Waals surface area contributed by atoms with Crippen molar-refractivity contribution in [3.05, 3.63) is 17.7 Å². The van der Waals surface area contributed by atoms with Crippen LogP contribution >= 0.6 is 0 Å². The highest BCUT2D eigenvalue weighted by atomic mass is 16.5. The minimum absolute atomic E-state index is 0.0215. The van der Waals surface area contributed by atoms with E-state index >= 15 is 0 Å². The first-order valence-corrected chi connectivity index (χ1v) is 9.62. The van der Waals surface area contributed by atoms with E-state index in [1.54, 1.807) is 19.1 Å². The maximum atomic E-state index is 13.2. The van der Waals surface area contributed by atoms with Gasteiger partial charge in [-0.1, -0.05) is 19.3 Å². The SMILES string of the molecule is COc1ccc(C(=O)N2CC(CNC(C)=O)C3(CCCCC3)C2)c(OC)n1. The van der Waals surface area contributed by atoms with Crippen molar-refractivity contribution in [1.29, 1.82) is 0 Å². The van der Waals surface area contributed by atoms with Gasteiger partial charge in [0.25, 0.3) is 5.91 Å². The zero-order chi connectivity index (χ0) is 19.4. The Morgan fingerprint density at radius 1 is 1.22 bits per heavy atom. The van der Waals surface area contributed by atoms with Crippen LogP contribution in [-0.4, -0.2) is 55.6 Å². The highest BCUT2D eigenvalue weighted by molar-refractivity contribution is 5.96. The van der Waals surface area contributed by atoms with Crippen LogP contribution in [-0.2, 0) is 4.79 Å². The molecule has 0 bridgehead atoms. The molecule has 2 aliphatic rings. The number of hydrogen-bond acceptors (Lipinski definition) is 5. The average molecular weight is 375 g/mol. The maximum Gasteiger partial charge on any atom is 0.259 e. The zero-order valence-electron chi connectivity index (χ0n) is 16.4. The van der Waals surface area contributed by atoms with Crippen LogP contribution in [0.25, 0.3) is 0 Å². The summed E-state index contributed by atoms with van der Waals surface area (Å²) in [7, 11) is 3.04. The van der Waals surface area contributed by atoms with Crippen LogP contribution in [0.1, 0.15) is 49.4 Å². The Balaban J connectivity index is 1.82. The molecule has 1 aliphatic heterocycles. The third-order valence-corrected chi connectivity index (χ3v) is 6.01. The Labute approximate surface area is 160 Å². The van der Waals surface area contributed by atoms with E-state index in [4.69, 9.17) is 9.47 Å². The summed E-state index contributed by atoms with van der Waals surface area (Å²) in [5.74, 6) is 0.881. The second kappa shape index (κ2) is 8.15. The van der Waals surface area contributed by atoms with Crippen LogP contribution in [0.15, 0.2) is 12.1 Å². The number of carbonyl (C=O) groups is 2. The molecule has 27 heavy (non-hydrogen) atoms. The standard InChI is InChI=1S/C20H29N3O4/c1-14(24)21-11-15-12-23(13-20(15)9-5-4-6-10-20)19(25)16-7-8-17(26-2)22-18(16)27-3/h7-8,15H,4-6,9-13H2,1-3H3,(H,21,24). The molecule has 2 heterocycles. The summed E-state index contributed by atoms with van der Waals surface area (Å²) in [6.07, 6.45) is 5.84. The van der Waals surface area contributed by atoms with Gasteiger partial charge in [0, 0.05) is 38.5 Å². The van der Waals surface area contributed by atoms with Crippen LogP contribution < -0.4 is 14.8 Å². The summed E-state index contributed by atoms with van der Waals surface area (Å²) in [5.41, 5.74) is 0.549. The van der Waals surface area contributed by atoms with E-state index in [0.29, 0.717) is 24.5 Å². The number of nitrogens with zero attached hydrogens (tertiary/aromatic N) is 2. The first-order chi connectivity index (χ1) is 13.0. The average Bonchev–Trinajstić information content (AvgIpc) is 3.03. The number of rotatable bonds is 5. The Morgan fingerprint density at radius 2 is 1.96 bits per heavy atom. The Morgan fingerprint density at radius 3 is 2.59 bits per heavy atom. The highest BCUT2D eigenvalue weighted by Gasteiger charge is 2.48. The van der Waals surface area contributed by atoms with E-state index in [2.05, 4.69) is 10.3 Å². The summed E-state index contributed by atoms with van der Waals surface area (Å²) < 4.78 is 10.4. The Bertz CT molecular complexity index is 700. The van der Waals surface area contributed by atoms with Crippen LogP contribution in [0.4, 0.5) is 0 Å². The molecule has 1 saturated heterocycles. The number of nitrogens with one attached hydrogen (secondary N) is 1. The number of methoxy groups -OCH3 is 2. The van der Waals surface area contributed by atoms with Crippen molar-refractivity contribution >= 4 is 11.8 Å². The molecule has 1 saturated carbocycles. The molecular formula is C20H29N3O4. The molecule has 1 unspecified atom stereocenters. The number of pyridine rings is 1. The molecule has 0 aromatic carbocycles. The fraction of sp³-hybridized carbons (Fsp3) is 0.650. The third-order valence-electron chi connectivity index (χ3n) is 6.01. The molecule has 7 nitrogen and oxygen atoms in total. The van der Waals surface area contributed by atoms with E-state index in [9.17, 15) is 9.59 Å². The van der Waals surface area contributed by atoms with Crippen LogP contribution in [0, 0.1) is 11.3 Å². The summed E-state index contributed by atoms with van der Waals surface area (Å²) in [6.45, 7) is 3.54. The summed E-state index contributed by atoms with van der Waals surface area (Å²) in [6, 6.07) is 3.39. The van der Waals surface area contributed by atoms with Crippen LogP contribution in [0.2, 0.25) is 0 Å². The van der Waals surface area contributed by atoms with Gasteiger partial charge in [-0.05, 0) is 24.3 Å². The van der Waals surface area contributed by atoms with Crippen molar-refractivity contribution in [2.45, 2.75) is 39.0 Å². The van der Waals surface area contributed by atoms with Crippen molar-refractivity contribution in [1.82, 2.24) is 15.2 Å². The molecular weight excluding hydrogens is 346 g/mol. The number of ether oxygens (including phenoxy) is 2. The molecule has 1 aromatic heterocycles. The fourth-order valence-electron chi connectivity index (χ4n) is 4.58. The van der Waals surface area contributed by atoms with Gasteiger partial charge in [0.2, 0.25) is 17.7 Å². The lowest BCUT2D eigenvalue weighted by Crippen LogP contribution is -2.39. The van der Waals surface area contributed by atoms with E-state index in [0.717, 1.165) is 19.4 Å². The topological polar surface area (TPSA) is 80.8 Å². The third kappa shape index (κ3) is 4.01. The molecule has 1 atom stereocenters. The number of likely N-dealkylation sites (tertiary alicyclic amines) is 1. The molecule has 2 fully saturated rings. The number of amides is 2. The quantitative estimate of drug-likeness (QED) is 0.854. The molecule has 2 amide bonds. The monoisotopic (exact) mass is 375 g/mol. The first kappa shape index (κ1) is 19.5. The predicted octanol–water partition coefficient (Wildman–Crippen LogP) is 2.26. The molecule has 1 aliphatic carbocycles. The van der Waals surface area contributed by atoms with Crippen molar-refractivity contribution < 1.29 is 19.1 Å². The van der Waals surface area contributed by atoms with Gasteiger partial charge < -0.3 is 19.7 Å². The van der Waals surface area contributed by atoms with Crippen molar-refractivity contribution in [3.8, 4) is 11.8 Å². The van der Waals surface area contributed by atoms with Crippen molar-refractivity contribution in [3.63, 3.8) is 0 Å². The minimum atomic E-state index is -0.0720. The Hall–Kier alpha value is -2.31. The normalized spacial score (nSPS) is 21.1. The van der Waals surface area contributed by atoms with Crippen molar-refractivity contribution in [2.24, 2.45) is 11.3 Å². The van der Waals surface area contributed by atoms with E-state index < -0.39 is 0 Å². The predicted molar refractivity (Wildman–Crippen MR) is 101 cm³/mol. The lowest BCUT2D eigenvalue weighted by atomic mass is 9.67. The molecule has 0 radical (unpaired) electrons. The van der Waals surface area contributed by atoms with Gasteiger partial charge in [0.05, 0.1) is 14.2 Å². The lowest BCUT2D eigenvalue weighted by molar-refractivity contribution is -0.119. The smallest absolute Gasteiger partial charge is 0.259 e. The van der Waals surface area contributed by atoms with Gasteiger partial charge in [0.1, 0.15) is 5.56 Å². The van der Waals surface area contributed by atoms with Gasteiger partial charge in [-0.3, -0.25) is 9.59 Å². The zero-order valence-corrected chi connectivity index (χ0v) is 16.4. The number of aromatic nitrogens is 1. The van der Waals surface area contributed by atoms with Gasteiger partial charge in [-0.15, -0.1) is 0 Å². The molecule has 1 aromatic rings. The molecule has 7 heteroatoms. The molecule has 1 N–H and O–H groups in total. The van der Waals surface area contributed by atoms with Gasteiger partial charge in [-0.2, -0.15) is 4.98 Å². The molecule has 3 rings (SSSR count). The second-order valence-corrected chi connectivity index (χ2v) is 7.65. The van der Waals surface area contributed by atoms with Gasteiger partial charge in [0.15, 0.2) is 0 Å². The first-order valence-electron chi connectivity index (χ1n) is 9.62. The summed E-state index contributed by atoms with van der Waals surface area (Å²) in [5, 5.41) is 2.97. The van der Waals surface area contributed by atoms with E-state index in [1.807, 2.05) is 4.90 Å². The second-order valence-electron chi connectivity index (χ2n) is 7.65. The number of carbonyl (C=O) groups excluding carboxylic acids is 2. The molecule has 1 spiro atoms. The Kier molecular flexibility index (Phi) is 5.87. The van der Waals surface area contributed by atoms with Gasteiger partial charge in [-0.25, -0.2) is 0 Å². The van der Waals surface area contributed by atoms with Crippen molar-refractivity contribution in [2.75, 3.05) is 33.9 Å². The number of hydrogen-bond donors (Lipinski definition) is 1. The minimum Gasteiger partial charge on any atom is -0.481 e. The van der Waals surface area contributed by atoms with E-state index in [-0.39, 0.29) is 29.0 Å². The summed E-state index contributed by atoms with van der Waals surface area (Å²) in [4.78, 5) is 30.8. The summed E-state index contributed by atoms with van der Waals surface area (Å²) >= 11 is 0.